The van der Waals surface area contributed by atoms with Crippen LogP contribution in [0.25, 0.3) is 11.6 Å². The molecule has 0 unspecified atom stereocenters. The van der Waals surface area contributed by atoms with Crippen molar-refractivity contribution in [3.05, 3.63) is 64.7 Å². The Balaban J connectivity index is 1.62. The second-order valence-electron chi connectivity index (χ2n) is 7.34. The zero-order valence-corrected chi connectivity index (χ0v) is 15.1. The molecule has 0 saturated carbocycles. The van der Waals surface area contributed by atoms with E-state index in [4.69, 9.17) is 0 Å². The second-order valence-corrected chi connectivity index (χ2v) is 7.34. The van der Waals surface area contributed by atoms with Gasteiger partial charge in [-0.2, -0.15) is 0 Å². The molecule has 0 amide bonds. The van der Waals surface area contributed by atoms with Crippen LogP contribution in [0.4, 0.5) is 5.69 Å². The van der Waals surface area contributed by atoms with Crippen LogP contribution in [0.5, 0.6) is 0 Å². The van der Waals surface area contributed by atoms with Crippen molar-refractivity contribution in [2.75, 3.05) is 18.0 Å². The number of fused-ring (bicyclic) bond motifs is 1. The number of nitrogens with zero attached hydrogens (tertiary/aromatic N) is 1. The van der Waals surface area contributed by atoms with E-state index in [1.54, 1.807) is 6.08 Å². The standard InChI is InChI=1S/C23H25NO2/c25-23(26)22(20-10-9-18-5-1-2-6-19(18)16-20)15-17-7-11-21(12-8-17)24-13-3-4-14-24/h7-12,15-16H,1-6,13-14H2,(H,25,26)/b22-15-. The fourth-order valence-corrected chi connectivity index (χ4v) is 4.09. The number of aryl methyl sites for hydroxylation is 2. The summed E-state index contributed by atoms with van der Waals surface area (Å²) in [7, 11) is 0. The molecule has 1 heterocycles. The molecule has 2 aliphatic rings. The number of rotatable bonds is 4. The third-order valence-corrected chi connectivity index (χ3v) is 5.57. The number of hydrogen-bond acceptors (Lipinski definition) is 2. The van der Waals surface area contributed by atoms with E-state index in [2.05, 4.69) is 29.2 Å². The van der Waals surface area contributed by atoms with Gasteiger partial charge < -0.3 is 10.0 Å². The van der Waals surface area contributed by atoms with Gasteiger partial charge in [0.15, 0.2) is 0 Å². The van der Waals surface area contributed by atoms with Crippen LogP contribution in [0.1, 0.15) is 47.9 Å². The van der Waals surface area contributed by atoms with E-state index >= 15 is 0 Å². The second kappa shape index (κ2) is 7.36. The van der Waals surface area contributed by atoms with E-state index in [1.807, 2.05) is 18.2 Å². The first-order chi connectivity index (χ1) is 12.7. The molecule has 1 N–H and O–H groups in total. The normalized spacial score (nSPS) is 17.2. The number of anilines is 1. The van der Waals surface area contributed by atoms with Crippen molar-refractivity contribution in [3.8, 4) is 0 Å². The lowest BCUT2D eigenvalue weighted by molar-refractivity contribution is -0.130. The van der Waals surface area contributed by atoms with Crippen LogP contribution in [0.15, 0.2) is 42.5 Å². The fourth-order valence-electron chi connectivity index (χ4n) is 4.09. The lowest BCUT2D eigenvalue weighted by Gasteiger charge is -2.18. The van der Waals surface area contributed by atoms with E-state index in [-0.39, 0.29) is 0 Å². The molecule has 134 valence electrons. The Bertz CT molecular complexity index is 830. The van der Waals surface area contributed by atoms with Crippen molar-refractivity contribution in [1.82, 2.24) is 0 Å². The van der Waals surface area contributed by atoms with Gasteiger partial charge in [-0.15, -0.1) is 0 Å². The molecule has 2 aromatic rings. The molecular weight excluding hydrogens is 322 g/mol. The zero-order valence-electron chi connectivity index (χ0n) is 15.1. The SMILES string of the molecule is O=C(O)/C(=C\c1ccc(N2CCCC2)cc1)c1ccc2c(c1)CCCC2. The first kappa shape index (κ1) is 16.9. The Morgan fingerprint density at radius 3 is 2.27 bits per heavy atom. The van der Waals surface area contributed by atoms with Crippen LogP contribution in [0.2, 0.25) is 0 Å². The predicted molar refractivity (Wildman–Crippen MR) is 106 cm³/mol. The highest BCUT2D eigenvalue weighted by molar-refractivity contribution is 6.20. The molecule has 2 aromatic carbocycles. The van der Waals surface area contributed by atoms with Crippen molar-refractivity contribution in [1.29, 1.82) is 0 Å². The Kier molecular flexibility index (Phi) is 4.79. The zero-order chi connectivity index (χ0) is 17.9. The molecule has 0 atom stereocenters. The number of aliphatic carboxylic acids is 1. The minimum absolute atomic E-state index is 0.368. The summed E-state index contributed by atoms with van der Waals surface area (Å²) in [6.07, 6.45) is 8.89. The summed E-state index contributed by atoms with van der Waals surface area (Å²) in [5, 5.41) is 9.74. The molecule has 1 aliphatic heterocycles. The number of carboxylic acid groups (broad SMARTS) is 1. The van der Waals surface area contributed by atoms with Crippen molar-refractivity contribution in [3.63, 3.8) is 0 Å². The van der Waals surface area contributed by atoms with Gasteiger partial charge >= 0.3 is 5.97 Å². The monoisotopic (exact) mass is 347 g/mol. The average molecular weight is 347 g/mol. The average Bonchev–Trinajstić information content (AvgIpc) is 3.21. The van der Waals surface area contributed by atoms with Gasteiger partial charge in [-0.25, -0.2) is 4.79 Å². The molecule has 4 rings (SSSR count). The van der Waals surface area contributed by atoms with Gasteiger partial charge in [0, 0.05) is 18.8 Å². The quantitative estimate of drug-likeness (QED) is 0.638. The maximum atomic E-state index is 11.9. The number of benzene rings is 2. The number of hydrogen-bond donors (Lipinski definition) is 1. The van der Waals surface area contributed by atoms with E-state index in [9.17, 15) is 9.90 Å². The van der Waals surface area contributed by atoms with Crippen molar-refractivity contribution < 1.29 is 9.90 Å². The summed E-state index contributed by atoms with van der Waals surface area (Å²) in [4.78, 5) is 14.3. The lowest BCUT2D eigenvalue weighted by atomic mass is 9.89. The minimum Gasteiger partial charge on any atom is -0.478 e. The molecule has 1 saturated heterocycles. The van der Waals surface area contributed by atoms with Crippen LogP contribution >= 0.6 is 0 Å². The first-order valence-electron chi connectivity index (χ1n) is 9.63. The number of carboxylic acids is 1. The van der Waals surface area contributed by atoms with Gasteiger partial charge in [0.2, 0.25) is 0 Å². The molecule has 3 nitrogen and oxygen atoms in total. The summed E-state index contributed by atoms with van der Waals surface area (Å²) >= 11 is 0. The molecular formula is C23H25NO2. The highest BCUT2D eigenvalue weighted by atomic mass is 16.4. The van der Waals surface area contributed by atoms with Crippen LogP contribution < -0.4 is 4.90 Å². The molecule has 1 fully saturated rings. The van der Waals surface area contributed by atoms with Crippen molar-refractivity contribution >= 4 is 23.3 Å². The Labute approximate surface area is 155 Å². The fraction of sp³-hybridized carbons (Fsp3) is 0.348. The first-order valence-corrected chi connectivity index (χ1v) is 9.63. The van der Waals surface area contributed by atoms with Crippen LogP contribution in [0.3, 0.4) is 0 Å². The molecule has 0 bridgehead atoms. The maximum absolute atomic E-state index is 11.9. The third-order valence-electron chi connectivity index (χ3n) is 5.57. The summed E-state index contributed by atoms with van der Waals surface area (Å²) in [6.45, 7) is 2.23. The van der Waals surface area contributed by atoms with Crippen LogP contribution in [-0.2, 0) is 17.6 Å². The van der Waals surface area contributed by atoms with E-state index in [0.29, 0.717) is 5.57 Å². The molecule has 1 aliphatic carbocycles. The van der Waals surface area contributed by atoms with Crippen molar-refractivity contribution in [2.24, 2.45) is 0 Å². The molecule has 26 heavy (non-hydrogen) atoms. The van der Waals surface area contributed by atoms with Gasteiger partial charge in [0.1, 0.15) is 0 Å². The maximum Gasteiger partial charge on any atom is 0.336 e. The Morgan fingerprint density at radius 1 is 0.885 bits per heavy atom. The summed E-state index contributed by atoms with van der Waals surface area (Å²) in [6, 6.07) is 14.4. The largest absolute Gasteiger partial charge is 0.478 e. The van der Waals surface area contributed by atoms with E-state index < -0.39 is 5.97 Å². The van der Waals surface area contributed by atoms with Gasteiger partial charge in [0.25, 0.3) is 0 Å². The number of carbonyl (C=O) groups is 1. The predicted octanol–water partition coefficient (Wildman–Crippen LogP) is 4.79. The Hall–Kier alpha value is -2.55. The summed E-state index contributed by atoms with van der Waals surface area (Å²) < 4.78 is 0. The van der Waals surface area contributed by atoms with Crippen molar-refractivity contribution in [2.45, 2.75) is 38.5 Å². The van der Waals surface area contributed by atoms with Gasteiger partial charge in [-0.1, -0.05) is 30.3 Å². The van der Waals surface area contributed by atoms with Gasteiger partial charge in [-0.05, 0) is 79.0 Å². The van der Waals surface area contributed by atoms with Gasteiger partial charge in [-0.3, -0.25) is 0 Å². The molecule has 3 heteroatoms. The highest BCUT2D eigenvalue weighted by Crippen LogP contribution is 2.27. The molecule has 0 aromatic heterocycles. The molecule has 0 radical (unpaired) electrons. The van der Waals surface area contributed by atoms with Gasteiger partial charge in [0.05, 0.1) is 5.57 Å². The summed E-state index contributed by atoms with van der Waals surface area (Å²) in [5.41, 5.74) is 6.02. The van der Waals surface area contributed by atoms with E-state index in [1.165, 1.54) is 42.5 Å². The van der Waals surface area contributed by atoms with Crippen LogP contribution in [0, 0.1) is 0 Å². The van der Waals surface area contributed by atoms with Crippen LogP contribution in [-0.4, -0.2) is 24.2 Å². The topological polar surface area (TPSA) is 40.5 Å². The minimum atomic E-state index is -0.871. The smallest absolute Gasteiger partial charge is 0.336 e. The van der Waals surface area contributed by atoms with E-state index in [0.717, 1.165) is 37.1 Å². The summed E-state index contributed by atoms with van der Waals surface area (Å²) in [5.74, 6) is -0.871. The lowest BCUT2D eigenvalue weighted by Crippen LogP contribution is -2.17. The highest BCUT2D eigenvalue weighted by Gasteiger charge is 2.16. The molecule has 0 spiro atoms. The Morgan fingerprint density at radius 2 is 1.58 bits per heavy atom. The third kappa shape index (κ3) is 3.52.